The van der Waals surface area contributed by atoms with E-state index in [0.29, 0.717) is 5.75 Å². The maximum atomic E-state index is 12.4. The number of benzene rings is 2. The zero-order valence-electron chi connectivity index (χ0n) is 13.0. The number of carbonyl (C=O) groups excluding carboxylic acids is 1. The van der Waals surface area contributed by atoms with Crippen LogP contribution in [-0.2, 0) is 4.79 Å². The Balaban J connectivity index is 2.14. The van der Waals surface area contributed by atoms with E-state index in [1.165, 1.54) is 18.2 Å². The zero-order chi connectivity index (χ0) is 17.9. The van der Waals surface area contributed by atoms with Gasteiger partial charge in [0.1, 0.15) is 17.1 Å². The summed E-state index contributed by atoms with van der Waals surface area (Å²) in [6.07, 6.45) is 0. The van der Waals surface area contributed by atoms with E-state index in [4.69, 9.17) is 9.84 Å². The average molecular weight is 394 g/mol. The predicted octanol–water partition coefficient (Wildman–Crippen LogP) is 3.65. The number of halogens is 1. The molecule has 0 aliphatic rings. The molecule has 126 valence electrons. The number of aromatic carboxylic acids is 1. The van der Waals surface area contributed by atoms with Crippen molar-refractivity contribution in [1.29, 1.82) is 0 Å². The van der Waals surface area contributed by atoms with E-state index in [1.54, 1.807) is 38.1 Å². The lowest BCUT2D eigenvalue weighted by Gasteiger charge is -2.25. The summed E-state index contributed by atoms with van der Waals surface area (Å²) in [6, 6.07) is 10.8. The van der Waals surface area contributed by atoms with Gasteiger partial charge in [0, 0.05) is 10.2 Å². The highest BCUT2D eigenvalue weighted by molar-refractivity contribution is 9.10. The van der Waals surface area contributed by atoms with Gasteiger partial charge < -0.3 is 20.3 Å². The molecule has 2 aromatic carbocycles. The van der Waals surface area contributed by atoms with Crippen molar-refractivity contribution >= 4 is 33.5 Å². The van der Waals surface area contributed by atoms with Crippen molar-refractivity contribution in [2.75, 3.05) is 5.32 Å². The Morgan fingerprint density at radius 3 is 2.33 bits per heavy atom. The van der Waals surface area contributed by atoms with E-state index >= 15 is 0 Å². The number of rotatable bonds is 5. The van der Waals surface area contributed by atoms with Gasteiger partial charge in [0.15, 0.2) is 5.60 Å². The molecular weight excluding hydrogens is 378 g/mol. The van der Waals surface area contributed by atoms with Crippen LogP contribution in [-0.4, -0.2) is 27.7 Å². The molecule has 2 aromatic rings. The summed E-state index contributed by atoms with van der Waals surface area (Å²) in [4.78, 5) is 23.4. The lowest BCUT2D eigenvalue weighted by atomic mass is 10.1. The zero-order valence-corrected chi connectivity index (χ0v) is 14.6. The number of anilines is 1. The quantitative estimate of drug-likeness (QED) is 0.673. The van der Waals surface area contributed by atoms with Crippen molar-refractivity contribution in [2.24, 2.45) is 0 Å². The van der Waals surface area contributed by atoms with Crippen molar-refractivity contribution in [2.45, 2.75) is 19.4 Å². The molecule has 3 N–H and O–H groups in total. The van der Waals surface area contributed by atoms with Gasteiger partial charge in [0.05, 0.1) is 0 Å². The maximum Gasteiger partial charge on any atom is 0.339 e. The number of carbonyl (C=O) groups is 2. The molecule has 0 unspecified atom stereocenters. The lowest BCUT2D eigenvalue weighted by Crippen LogP contribution is -2.42. The lowest BCUT2D eigenvalue weighted by molar-refractivity contribution is -0.128. The first-order chi connectivity index (χ1) is 11.2. The van der Waals surface area contributed by atoms with Crippen molar-refractivity contribution in [3.8, 4) is 11.5 Å². The molecule has 1 amide bonds. The van der Waals surface area contributed by atoms with Gasteiger partial charge in [-0.05, 0) is 56.3 Å². The molecule has 0 atom stereocenters. The summed E-state index contributed by atoms with van der Waals surface area (Å²) in [5.41, 5.74) is -1.23. The Bertz CT molecular complexity index is 771. The van der Waals surface area contributed by atoms with Gasteiger partial charge in [-0.15, -0.1) is 0 Å². The number of hydrogen-bond acceptors (Lipinski definition) is 4. The Morgan fingerprint density at radius 2 is 1.75 bits per heavy atom. The van der Waals surface area contributed by atoms with E-state index in [0.717, 1.165) is 4.47 Å². The molecule has 0 aliphatic carbocycles. The Labute approximate surface area is 147 Å². The Morgan fingerprint density at radius 1 is 1.12 bits per heavy atom. The topological polar surface area (TPSA) is 95.9 Å². The number of aromatic hydroxyl groups is 1. The normalized spacial score (nSPS) is 11.0. The third-order valence-corrected chi connectivity index (χ3v) is 3.75. The van der Waals surface area contributed by atoms with Gasteiger partial charge >= 0.3 is 5.97 Å². The van der Waals surface area contributed by atoms with Crippen molar-refractivity contribution in [1.82, 2.24) is 0 Å². The molecule has 0 spiro atoms. The monoisotopic (exact) mass is 393 g/mol. The first kappa shape index (κ1) is 17.8. The molecular formula is C17H16BrNO5. The molecule has 0 aliphatic heterocycles. The molecule has 7 heteroatoms. The van der Waals surface area contributed by atoms with Crippen LogP contribution >= 0.6 is 15.9 Å². The number of phenols is 1. The van der Waals surface area contributed by atoms with Crippen molar-refractivity contribution in [3.63, 3.8) is 0 Å². The van der Waals surface area contributed by atoms with Crippen LogP contribution in [0, 0.1) is 0 Å². The van der Waals surface area contributed by atoms with Gasteiger partial charge in [-0.1, -0.05) is 15.9 Å². The Kier molecular flexibility index (Phi) is 5.14. The van der Waals surface area contributed by atoms with E-state index in [9.17, 15) is 14.7 Å². The Hall–Kier alpha value is -2.54. The van der Waals surface area contributed by atoms with Crippen LogP contribution in [0.2, 0.25) is 0 Å². The molecule has 0 saturated carbocycles. The fourth-order valence-electron chi connectivity index (χ4n) is 1.91. The standard InChI is InChI=1S/C17H16BrNO5/c1-17(2,24-12-6-3-10(18)4-7-12)16(23)19-11-5-8-14(20)13(9-11)15(21)22/h3-9,20H,1-2H3,(H,19,23)(H,21,22). The van der Waals surface area contributed by atoms with Crippen LogP contribution in [0.25, 0.3) is 0 Å². The fraction of sp³-hybridized carbons (Fsp3) is 0.176. The summed E-state index contributed by atoms with van der Waals surface area (Å²) < 4.78 is 6.58. The van der Waals surface area contributed by atoms with Gasteiger partial charge in [0.2, 0.25) is 0 Å². The van der Waals surface area contributed by atoms with Gasteiger partial charge in [0.25, 0.3) is 5.91 Å². The first-order valence-electron chi connectivity index (χ1n) is 7.01. The smallest absolute Gasteiger partial charge is 0.339 e. The molecule has 0 aromatic heterocycles. The number of hydrogen-bond donors (Lipinski definition) is 3. The molecule has 24 heavy (non-hydrogen) atoms. The van der Waals surface area contributed by atoms with Crippen molar-refractivity contribution in [3.05, 3.63) is 52.5 Å². The molecule has 0 heterocycles. The van der Waals surface area contributed by atoms with Crippen molar-refractivity contribution < 1.29 is 24.5 Å². The summed E-state index contributed by atoms with van der Waals surface area (Å²) in [5.74, 6) is -1.58. The van der Waals surface area contributed by atoms with Crippen LogP contribution in [0.3, 0.4) is 0 Å². The highest BCUT2D eigenvalue weighted by Gasteiger charge is 2.30. The second-order valence-electron chi connectivity index (χ2n) is 5.56. The van der Waals surface area contributed by atoms with E-state index in [2.05, 4.69) is 21.2 Å². The summed E-state index contributed by atoms with van der Waals surface area (Å²) in [6.45, 7) is 3.20. The fourth-order valence-corrected chi connectivity index (χ4v) is 2.17. The minimum atomic E-state index is -1.28. The minimum absolute atomic E-state index is 0.252. The van der Waals surface area contributed by atoms with Gasteiger partial charge in [-0.25, -0.2) is 4.79 Å². The third kappa shape index (κ3) is 4.26. The SMILES string of the molecule is CC(C)(Oc1ccc(Br)cc1)C(=O)Nc1ccc(O)c(C(=O)O)c1. The molecule has 2 rings (SSSR count). The highest BCUT2D eigenvalue weighted by atomic mass is 79.9. The number of nitrogens with one attached hydrogen (secondary N) is 1. The van der Waals surface area contributed by atoms with E-state index < -0.39 is 17.5 Å². The minimum Gasteiger partial charge on any atom is -0.507 e. The van der Waals surface area contributed by atoms with Gasteiger partial charge in [-0.3, -0.25) is 4.79 Å². The van der Waals surface area contributed by atoms with Crippen LogP contribution in [0.1, 0.15) is 24.2 Å². The largest absolute Gasteiger partial charge is 0.507 e. The highest BCUT2D eigenvalue weighted by Crippen LogP contribution is 2.24. The van der Waals surface area contributed by atoms with Crippen LogP contribution in [0.15, 0.2) is 46.9 Å². The maximum absolute atomic E-state index is 12.4. The molecule has 6 nitrogen and oxygen atoms in total. The van der Waals surface area contributed by atoms with E-state index in [1.807, 2.05) is 0 Å². The van der Waals surface area contributed by atoms with Crippen LogP contribution in [0.4, 0.5) is 5.69 Å². The third-order valence-electron chi connectivity index (χ3n) is 3.22. The molecule has 0 saturated heterocycles. The second kappa shape index (κ2) is 6.92. The molecule has 0 radical (unpaired) electrons. The van der Waals surface area contributed by atoms with Crippen LogP contribution in [0.5, 0.6) is 11.5 Å². The summed E-state index contributed by atoms with van der Waals surface area (Å²) >= 11 is 3.32. The first-order valence-corrected chi connectivity index (χ1v) is 7.81. The average Bonchev–Trinajstić information content (AvgIpc) is 2.51. The number of ether oxygens (including phenoxy) is 1. The van der Waals surface area contributed by atoms with E-state index in [-0.39, 0.29) is 17.0 Å². The summed E-state index contributed by atoms with van der Waals surface area (Å²) in [5, 5.41) is 21.1. The number of carboxylic acid groups (broad SMARTS) is 1. The second-order valence-corrected chi connectivity index (χ2v) is 6.47. The van der Waals surface area contributed by atoms with Crippen LogP contribution < -0.4 is 10.1 Å². The summed E-state index contributed by atoms with van der Waals surface area (Å²) in [7, 11) is 0. The molecule has 0 bridgehead atoms. The predicted molar refractivity (Wildman–Crippen MR) is 92.5 cm³/mol. The number of amides is 1. The van der Waals surface area contributed by atoms with Gasteiger partial charge in [-0.2, -0.15) is 0 Å². The molecule has 0 fully saturated rings. The number of carboxylic acids is 1.